The summed E-state index contributed by atoms with van der Waals surface area (Å²) in [6.07, 6.45) is 1.92. The zero-order valence-corrected chi connectivity index (χ0v) is 12.3. The molecule has 2 nitrogen and oxygen atoms in total. The van der Waals surface area contributed by atoms with E-state index in [2.05, 4.69) is 42.8 Å². The van der Waals surface area contributed by atoms with Gasteiger partial charge in [-0.2, -0.15) is 0 Å². The molecule has 0 saturated heterocycles. The number of hydrogen-bond acceptors (Lipinski definition) is 2. The van der Waals surface area contributed by atoms with E-state index in [0.29, 0.717) is 5.92 Å². The highest BCUT2D eigenvalue weighted by molar-refractivity contribution is 9.10. The summed E-state index contributed by atoms with van der Waals surface area (Å²) in [6, 6.07) is 6.15. The maximum Gasteiger partial charge on any atom is 0.124 e. The highest BCUT2D eigenvalue weighted by Crippen LogP contribution is 2.41. The molecule has 0 spiro atoms. The molecule has 17 heavy (non-hydrogen) atoms. The van der Waals surface area contributed by atoms with Gasteiger partial charge in [-0.3, -0.25) is 0 Å². The van der Waals surface area contributed by atoms with E-state index in [4.69, 9.17) is 10.5 Å². The minimum absolute atomic E-state index is 0.0694. The summed E-state index contributed by atoms with van der Waals surface area (Å²) in [6.45, 7) is 6.60. The van der Waals surface area contributed by atoms with Crippen LogP contribution in [0.5, 0.6) is 5.75 Å². The third-order valence-corrected chi connectivity index (χ3v) is 3.71. The van der Waals surface area contributed by atoms with Gasteiger partial charge in [-0.1, -0.05) is 29.8 Å². The molecule has 2 rings (SSSR count). The monoisotopic (exact) mass is 297 g/mol. The van der Waals surface area contributed by atoms with E-state index in [9.17, 15) is 0 Å². The molecule has 2 N–H and O–H groups in total. The molecule has 2 atom stereocenters. The Morgan fingerprint density at radius 3 is 2.88 bits per heavy atom. The molecular weight excluding hydrogens is 278 g/mol. The lowest BCUT2D eigenvalue weighted by Gasteiger charge is -2.40. The number of hydrogen-bond donors (Lipinski definition) is 1. The van der Waals surface area contributed by atoms with Gasteiger partial charge in [-0.15, -0.1) is 0 Å². The van der Waals surface area contributed by atoms with Crippen molar-refractivity contribution in [2.24, 2.45) is 11.7 Å². The number of rotatable bonds is 2. The zero-order chi connectivity index (χ0) is 12.6. The maximum absolute atomic E-state index is 6.27. The highest BCUT2D eigenvalue weighted by Gasteiger charge is 2.36. The normalized spacial score (nSPS) is 27.8. The Hall–Kier alpha value is -0.540. The average Bonchev–Trinajstić information content (AvgIpc) is 2.17. The number of halogens is 1. The summed E-state index contributed by atoms with van der Waals surface area (Å²) in [5.74, 6) is 1.55. The SMILES string of the molecule is CC(C)CC1(C)CC(N)c2cc(Br)ccc2O1. The first kappa shape index (κ1) is 12.9. The van der Waals surface area contributed by atoms with Gasteiger partial charge < -0.3 is 10.5 Å². The van der Waals surface area contributed by atoms with Crippen molar-refractivity contribution in [2.45, 2.75) is 45.3 Å². The Balaban J connectivity index is 2.30. The first-order chi connectivity index (χ1) is 7.89. The average molecular weight is 298 g/mol. The topological polar surface area (TPSA) is 35.2 Å². The lowest BCUT2D eigenvalue weighted by molar-refractivity contribution is 0.0340. The van der Waals surface area contributed by atoms with Crippen molar-refractivity contribution in [1.29, 1.82) is 0 Å². The molecule has 0 radical (unpaired) electrons. The van der Waals surface area contributed by atoms with Crippen LogP contribution >= 0.6 is 15.9 Å². The van der Waals surface area contributed by atoms with Crippen LogP contribution in [0.3, 0.4) is 0 Å². The highest BCUT2D eigenvalue weighted by atomic mass is 79.9. The lowest BCUT2D eigenvalue weighted by atomic mass is 9.83. The van der Waals surface area contributed by atoms with E-state index in [1.54, 1.807) is 0 Å². The Labute approximate surface area is 112 Å². The minimum Gasteiger partial charge on any atom is -0.487 e. The predicted molar refractivity (Wildman–Crippen MR) is 74.2 cm³/mol. The number of benzene rings is 1. The second-order valence-electron chi connectivity index (χ2n) is 5.64. The van der Waals surface area contributed by atoms with Crippen LogP contribution in [0.2, 0.25) is 0 Å². The largest absolute Gasteiger partial charge is 0.487 e. The van der Waals surface area contributed by atoms with Gasteiger partial charge in [0.05, 0.1) is 0 Å². The summed E-state index contributed by atoms with van der Waals surface area (Å²) in [5.41, 5.74) is 7.25. The Bertz CT molecular complexity index is 419. The molecule has 0 amide bonds. The van der Waals surface area contributed by atoms with Crippen molar-refractivity contribution in [3.63, 3.8) is 0 Å². The van der Waals surface area contributed by atoms with E-state index < -0.39 is 0 Å². The molecular formula is C14H20BrNO. The Morgan fingerprint density at radius 1 is 1.53 bits per heavy atom. The van der Waals surface area contributed by atoms with Crippen LogP contribution in [0.4, 0.5) is 0 Å². The van der Waals surface area contributed by atoms with Gasteiger partial charge in [-0.25, -0.2) is 0 Å². The lowest BCUT2D eigenvalue weighted by Crippen LogP contribution is -2.41. The van der Waals surface area contributed by atoms with E-state index in [-0.39, 0.29) is 11.6 Å². The van der Waals surface area contributed by atoms with Gasteiger partial charge in [0.15, 0.2) is 0 Å². The zero-order valence-electron chi connectivity index (χ0n) is 10.7. The first-order valence-electron chi connectivity index (χ1n) is 6.14. The van der Waals surface area contributed by atoms with Crippen LogP contribution in [-0.2, 0) is 0 Å². The van der Waals surface area contributed by atoms with E-state index in [1.165, 1.54) is 0 Å². The molecule has 0 aromatic heterocycles. The standard InChI is InChI=1S/C14H20BrNO/c1-9(2)7-14(3)8-12(16)11-6-10(15)4-5-13(11)17-14/h4-6,9,12H,7-8,16H2,1-3H3. The van der Waals surface area contributed by atoms with Crippen LogP contribution in [0, 0.1) is 5.92 Å². The van der Waals surface area contributed by atoms with Crippen molar-refractivity contribution >= 4 is 15.9 Å². The van der Waals surface area contributed by atoms with Crippen molar-refractivity contribution in [3.8, 4) is 5.75 Å². The molecule has 1 aromatic rings. The Kier molecular flexibility index (Phi) is 3.50. The molecule has 3 heteroatoms. The van der Waals surface area contributed by atoms with E-state index in [1.807, 2.05) is 12.1 Å². The summed E-state index contributed by atoms with van der Waals surface area (Å²) in [7, 11) is 0. The molecule has 0 bridgehead atoms. The maximum atomic E-state index is 6.27. The van der Waals surface area contributed by atoms with Gasteiger partial charge in [0.2, 0.25) is 0 Å². The first-order valence-corrected chi connectivity index (χ1v) is 6.93. The fourth-order valence-corrected chi connectivity index (χ4v) is 3.15. The second kappa shape index (κ2) is 4.62. The predicted octanol–water partition coefficient (Wildman–Crippen LogP) is 4.04. The fourth-order valence-electron chi connectivity index (χ4n) is 2.77. The third-order valence-electron chi connectivity index (χ3n) is 3.22. The van der Waals surface area contributed by atoms with Crippen molar-refractivity contribution in [2.75, 3.05) is 0 Å². The van der Waals surface area contributed by atoms with Crippen LogP contribution < -0.4 is 10.5 Å². The summed E-state index contributed by atoms with van der Waals surface area (Å²) in [5, 5.41) is 0. The van der Waals surface area contributed by atoms with Gasteiger partial charge in [-0.05, 0) is 37.5 Å². The molecule has 0 aliphatic carbocycles. The summed E-state index contributed by atoms with van der Waals surface area (Å²) >= 11 is 3.48. The molecule has 1 aliphatic rings. The molecule has 94 valence electrons. The van der Waals surface area contributed by atoms with Gasteiger partial charge >= 0.3 is 0 Å². The van der Waals surface area contributed by atoms with Crippen LogP contribution in [-0.4, -0.2) is 5.60 Å². The van der Waals surface area contributed by atoms with E-state index >= 15 is 0 Å². The van der Waals surface area contributed by atoms with Gasteiger partial charge in [0, 0.05) is 22.5 Å². The smallest absolute Gasteiger partial charge is 0.124 e. The van der Waals surface area contributed by atoms with Crippen LogP contribution in [0.1, 0.15) is 45.2 Å². The third kappa shape index (κ3) is 2.83. The van der Waals surface area contributed by atoms with E-state index in [0.717, 1.165) is 28.6 Å². The molecule has 1 heterocycles. The van der Waals surface area contributed by atoms with Crippen LogP contribution in [0.15, 0.2) is 22.7 Å². The fraction of sp³-hybridized carbons (Fsp3) is 0.571. The van der Waals surface area contributed by atoms with Gasteiger partial charge in [0.25, 0.3) is 0 Å². The summed E-state index contributed by atoms with van der Waals surface area (Å²) in [4.78, 5) is 0. The molecule has 2 unspecified atom stereocenters. The molecule has 1 aromatic carbocycles. The minimum atomic E-state index is -0.131. The van der Waals surface area contributed by atoms with Crippen molar-refractivity contribution < 1.29 is 4.74 Å². The number of fused-ring (bicyclic) bond motifs is 1. The van der Waals surface area contributed by atoms with Crippen molar-refractivity contribution in [3.05, 3.63) is 28.2 Å². The molecule has 0 fully saturated rings. The number of nitrogens with two attached hydrogens (primary N) is 1. The molecule has 1 aliphatic heterocycles. The van der Waals surface area contributed by atoms with Crippen molar-refractivity contribution in [1.82, 2.24) is 0 Å². The summed E-state index contributed by atoms with van der Waals surface area (Å²) < 4.78 is 7.21. The molecule has 0 saturated carbocycles. The second-order valence-corrected chi connectivity index (χ2v) is 6.56. The van der Waals surface area contributed by atoms with Crippen LogP contribution in [0.25, 0.3) is 0 Å². The quantitative estimate of drug-likeness (QED) is 0.894. The van der Waals surface area contributed by atoms with Gasteiger partial charge in [0.1, 0.15) is 11.4 Å². The Morgan fingerprint density at radius 2 is 2.24 bits per heavy atom. The number of ether oxygens (including phenoxy) is 1.